The summed E-state index contributed by atoms with van der Waals surface area (Å²) in [5.41, 5.74) is 2.80. The zero-order valence-corrected chi connectivity index (χ0v) is 22.8. The minimum absolute atomic E-state index is 0.00291. The van der Waals surface area contributed by atoms with Gasteiger partial charge in [0, 0.05) is 24.0 Å². The zero-order chi connectivity index (χ0) is 27.6. The molecule has 0 aliphatic heterocycles. The lowest BCUT2D eigenvalue weighted by atomic mass is 10.0. The van der Waals surface area contributed by atoms with Crippen molar-refractivity contribution in [1.82, 2.24) is 13.9 Å². The summed E-state index contributed by atoms with van der Waals surface area (Å²) in [4.78, 5) is 17.0. The molecule has 12 heteroatoms. The molecule has 9 nitrogen and oxygen atoms in total. The maximum absolute atomic E-state index is 13.9. The van der Waals surface area contributed by atoms with Gasteiger partial charge in [0.15, 0.2) is 5.58 Å². The molecule has 0 amide bonds. The second-order valence-electron chi connectivity index (χ2n) is 8.80. The molecule has 0 radical (unpaired) electrons. The third kappa shape index (κ3) is 5.17. The number of oxazole rings is 1. The Morgan fingerprint density at radius 3 is 2.59 bits per heavy atom. The van der Waals surface area contributed by atoms with Crippen molar-refractivity contribution in [2.75, 3.05) is 18.1 Å². The average Bonchev–Trinajstić information content (AvgIpc) is 3.58. The molecule has 39 heavy (non-hydrogen) atoms. The Bertz CT molecular complexity index is 1750. The molecule has 0 N–H and O–H groups in total. The van der Waals surface area contributed by atoms with Gasteiger partial charge in [0.2, 0.25) is 5.13 Å². The quantitative estimate of drug-likeness (QED) is 0.230. The van der Waals surface area contributed by atoms with Crippen molar-refractivity contribution in [2.45, 2.75) is 30.8 Å². The minimum atomic E-state index is -4.15. The second kappa shape index (κ2) is 11.0. The molecule has 5 rings (SSSR count). The van der Waals surface area contributed by atoms with E-state index in [-0.39, 0.29) is 28.6 Å². The standard InChI is InChI=1S/C27H25FN4O5S2/c1-18-14-21(36-2)9-8-20(18)16-31(26-29-17-30-38-26)39(34,35)22-10-11-24-25(15-22)37-27(33)32(24)23(12-13-28)19-6-4-3-5-7-19/h3-11,14-15,17,23H,12-13,16H2,1-2H3/t23-/m1/s1. The predicted molar refractivity (Wildman–Crippen MR) is 147 cm³/mol. The van der Waals surface area contributed by atoms with E-state index in [1.807, 2.05) is 43.3 Å². The Kier molecular flexibility index (Phi) is 7.49. The number of alkyl halides is 1. The summed E-state index contributed by atoms with van der Waals surface area (Å²) in [5.74, 6) is -0.0372. The number of aromatic nitrogens is 3. The molecular weight excluding hydrogens is 543 g/mol. The lowest BCUT2D eigenvalue weighted by Gasteiger charge is -2.22. The van der Waals surface area contributed by atoms with Gasteiger partial charge in [-0.1, -0.05) is 36.4 Å². The Morgan fingerprint density at radius 2 is 1.92 bits per heavy atom. The van der Waals surface area contributed by atoms with Crippen molar-refractivity contribution in [3.63, 3.8) is 0 Å². The maximum Gasteiger partial charge on any atom is 0.420 e. The minimum Gasteiger partial charge on any atom is -0.497 e. The van der Waals surface area contributed by atoms with E-state index in [4.69, 9.17) is 9.15 Å². The Balaban J connectivity index is 1.57. The Morgan fingerprint density at radius 1 is 1.13 bits per heavy atom. The molecule has 0 fully saturated rings. The van der Waals surface area contributed by atoms with E-state index in [9.17, 15) is 17.6 Å². The highest BCUT2D eigenvalue weighted by Crippen LogP contribution is 2.31. The number of halogens is 1. The fraction of sp³-hybridized carbons (Fsp3) is 0.222. The van der Waals surface area contributed by atoms with Gasteiger partial charge in [-0.05, 0) is 47.9 Å². The van der Waals surface area contributed by atoms with Crippen LogP contribution in [0, 0.1) is 6.92 Å². The number of hydrogen-bond donors (Lipinski definition) is 0. The van der Waals surface area contributed by atoms with Crippen LogP contribution < -0.4 is 14.8 Å². The lowest BCUT2D eigenvalue weighted by molar-refractivity contribution is 0.395. The third-order valence-corrected chi connectivity index (χ3v) is 9.01. The van der Waals surface area contributed by atoms with Crippen molar-refractivity contribution < 1.29 is 22.0 Å². The average molecular weight is 569 g/mol. The molecule has 2 aromatic heterocycles. The maximum atomic E-state index is 13.9. The van der Waals surface area contributed by atoms with E-state index >= 15 is 0 Å². The molecule has 0 aliphatic rings. The van der Waals surface area contributed by atoms with Crippen LogP contribution in [0.3, 0.4) is 0 Å². The highest BCUT2D eigenvalue weighted by Gasteiger charge is 2.30. The molecule has 0 saturated carbocycles. The fourth-order valence-electron chi connectivity index (χ4n) is 4.48. The number of hydrogen-bond acceptors (Lipinski definition) is 8. The molecular formula is C27H25FN4O5S2. The van der Waals surface area contributed by atoms with Crippen molar-refractivity contribution in [1.29, 1.82) is 0 Å². The zero-order valence-electron chi connectivity index (χ0n) is 21.2. The molecule has 0 aliphatic carbocycles. The summed E-state index contributed by atoms with van der Waals surface area (Å²) in [6.45, 7) is 1.22. The second-order valence-corrected chi connectivity index (χ2v) is 11.4. The predicted octanol–water partition coefficient (Wildman–Crippen LogP) is 5.11. The van der Waals surface area contributed by atoms with Crippen LogP contribution >= 0.6 is 11.5 Å². The fourth-order valence-corrected chi connectivity index (χ4v) is 6.63. The summed E-state index contributed by atoms with van der Waals surface area (Å²) >= 11 is 0.950. The molecule has 0 unspecified atom stereocenters. The number of anilines is 1. The highest BCUT2D eigenvalue weighted by atomic mass is 32.2. The first-order valence-electron chi connectivity index (χ1n) is 12.0. The summed E-state index contributed by atoms with van der Waals surface area (Å²) in [6, 6.07) is 18.1. The van der Waals surface area contributed by atoms with E-state index in [0.29, 0.717) is 11.3 Å². The number of aryl methyl sites for hydroxylation is 1. The van der Waals surface area contributed by atoms with Crippen LogP contribution in [0.25, 0.3) is 11.1 Å². The third-order valence-electron chi connectivity index (χ3n) is 6.48. The first-order valence-corrected chi connectivity index (χ1v) is 14.2. The first-order chi connectivity index (χ1) is 18.8. The molecule has 1 atom stereocenters. The molecule has 202 valence electrons. The van der Waals surface area contributed by atoms with Gasteiger partial charge in [-0.2, -0.15) is 4.37 Å². The van der Waals surface area contributed by atoms with Crippen LogP contribution in [0.5, 0.6) is 5.75 Å². The topological polar surface area (TPSA) is 108 Å². The number of sulfonamides is 1. The number of nitrogens with zero attached hydrogens (tertiary/aromatic N) is 4. The summed E-state index contributed by atoms with van der Waals surface area (Å²) in [5, 5.41) is 0.191. The number of benzene rings is 3. The van der Waals surface area contributed by atoms with Gasteiger partial charge in [0.25, 0.3) is 10.0 Å². The molecule has 0 spiro atoms. The molecule has 0 saturated heterocycles. The summed E-state index contributed by atoms with van der Waals surface area (Å²) in [6.07, 6.45) is 1.35. The summed E-state index contributed by atoms with van der Waals surface area (Å²) in [7, 11) is -2.59. The van der Waals surface area contributed by atoms with E-state index < -0.39 is 28.5 Å². The van der Waals surface area contributed by atoms with Crippen molar-refractivity contribution >= 4 is 37.8 Å². The molecule has 2 heterocycles. The highest BCUT2D eigenvalue weighted by molar-refractivity contribution is 7.93. The molecule has 0 bridgehead atoms. The normalized spacial score (nSPS) is 12.5. The van der Waals surface area contributed by atoms with E-state index in [1.165, 1.54) is 33.4 Å². The largest absolute Gasteiger partial charge is 0.497 e. The van der Waals surface area contributed by atoms with Gasteiger partial charge in [-0.25, -0.2) is 22.5 Å². The Hall–Kier alpha value is -4.03. The summed E-state index contributed by atoms with van der Waals surface area (Å²) < 4.78 is 58.6. The lowest BCUT2D eigenvalue weighted by Crippen LogP contribution is -2.30. The van der Waals surface area contributed by atoms with Crippen LogP contribution in [0.2, 0.25) is 0 Å². The number of methoxy groups -OCH3 is 1. The number of rotatable bonds is 10. The SMILES string of the molecule is COc1ccc(CN(c2ncns2)S(=O)(=O)c2ccc3c(c2)oc(=O)n3[C@H](CCF)c2ccccc2)c(C)c1. The Labute approximate surface area is 228 Å². The van der Waals surface area contributed by atoms with Gasteiger partial charge < -0.3 is 9.15 Å². The van der Waals surface area contributed by atoms with E-state index in [2.05, 4.69) is 9.36 Å². The first kappa shape index (κ1) is 26.6. The van der Waals surface area contributed by atoms with Gasteiger partial charge in [0.1, 0.15) is 12.1 Å². The monoisotopic (exact) mass is 568 g/mol. The molecule has 3 aromatic carbocycles. The van der Waals surface area contributed by atoms with Crippen molar-refractivity contribution in [2.24, 2.45) is 0 Å². The van der Waals surface area contributed by atoms with Crippen LogP contribution in [0.4, 0.5) is 9.52 Å². The van der Waals surface area contributed by atoms with Crippen molar-refractivity contribution in [3.8, 4) is 5.75 Å². The van der Waals surface area contributed by atoms with Gasteiger partial charge in [-0.3, -0.25) is 8.96 Å². The number of fused-ring (bicyclic) bond motifs is 1. The van der Waals surface area contributed by atoms with Crippen LogP contribution in [-0.2, 0) is 16.6 Å². The van der Waals surface area contributed by atoms with E-state index in [1.54, 1.807) is 19.2 Å². The molecule has 5 aromatic rings. The van der Waals surface area contributed by atoms with Crippen LogP contribution in [0.15, 0.2) is 87.2 Å². The van der Waals surface area contributed by atoms with Gasteiger partial charge >= 0.3 is 5.76 Å². The smallest absolute Gasteiger partial charge is 0.420 e. The van der Waals surface area contributed by atoms with Crippen LogP contribution in [0.1, 0.15) is 29.2 Å². The number of ether oxygens (including phenoxy) is 1. The van der Waals surface area contributed by atoms with Crippen molar-refractivity contribution in [3.05, 3.63) is 100 Å². The van der Waals surface area contributed by atoms with Gasteiger partial charge in [0.05, 0.1) is 36.8 Å². The van der Waals surface area contributed by atoms with Crippen LogP contribution in [-0.4, -0.2) is 36.1 Å². The van der Waals surface area contributed by atoms with Gasteiger partial charge in [-0.15, -0.1) is 0 Å². The van der Waals surface area contributed by atoms with E-state index in [0.717, 1.165) is 28.2 Å².